The van der Waals surface area contributed by atoms with Crippen LogP contribution in [0, 0.1) is 11.3 Å². The monoisotopic (exact) mass is 244 g/mol. The quantitative estimate of drug-likeness (QED) is 0.734. The standard InChI is InChI=1S/C13H12N2O3/c1-15-10-4-9(13(6-14)7-17-8-13)2-3-11(10)18-5-12(15)16/h2-4H,5,7-8H2,1H3. The number of fused-ring (bicyclic) bond motifs is 1. The van der Waals surface area contributed by atoms with Gasteiger partial charge in [-0.2, -0.15) is 5.26 Å². The van der Waals surface area contributed by atoms with Crippen LogP contribution in [-0.2, 0) is 14.9 Å². The van der Waals surface area contributed by atoms with E-state index in [4.69, 9.17) is 9.47 Å². The van der Waals surface area contributed by atoms with E-state index in [9.17, 15) is 10.1 Å². The highest BCUT2D eigenvalue weighted by molar-refractivity contribution is 5.97. The average molecular weight is 244 g/mol. The summed E-state index contributed by atoms with van der Waals surface area (Å²) in [5.74, 6) is 0.588. The third kappa shape index (κ3) is 1.39. The topological polar surface area (TPSA) is 62.6 Å². The molecule has 0 aromatic heterocycles. The number of likely N-dealkylation sites (N-methyl/N-ethyl adjacent to an activating group) is 1. The van der Waals surface area contributed by atoms with Crippen LogP contribution in [0.4, 0.5) is 5.69 Å². The highest BCUT2D eigenvalue weighted by atomic mass is 16.5. The number of carbonyl (C=O) groups is 1. The summed E-state index contributed by atoms with van der Waals surface area (Å²) in [5.41, 5.74) is 1.02. The number of hydrogen-bond acceptors (Lipinski definition) is 4. The maximum Gasteiger partial charge on any atom is 0.264 e. The predicted octanol–water partition coefficient (Wildman–Crippen LogP) is 0.833. The molecule has 0 radical (unpaired) electrons. The number of rotatable bonds is 1. The fourth-order valence-electron chi connectivity index (χ4n) is 2.17. The molecule has 0 N–H and O–H groups in total. The van der Waals surface area contributed by atoms with Gasteiger partial charge >= 0.3 is 0 Å². The van der Waals surface area contributed by atoms with Gasteiger partial charge in [-0.1, -0.05) is 6.07 Å². The molecule has 92 valence electrons. The van der Waals surface area contributed by atoms with Crippen LogP contribution in [0.1, 0.15) is 5.56 Å². The zero-order valence-electron chi connectivity index (χ0n) is 9.97. The highest BCUT2D eigenvalue weighted by Gasteiger charge is 2.41. The van der Waals surface area contributed by atoms with Crippen LogP contribution in [0.25, 0.3) is 0 Å². The number of nitriles is 1. The molecule has 1 aromatic carbocycles. The number of carbonyl (C=O) groups excluding carboxylic acids is 1. The third-order valence-corrected chi connectivity index (χ3v) is 3.51. The number of anilines is 1. The van der Waals surface area contributed by atoms with Crippen molar-refractivity contribution in [3.63, 3.8) is 0 Å². The minimum atomic E-state index is -0.573. The molecule has 0 spiro atoms. The van der Waals surface area contributed by atoms with Crippen LogP contribution < -0.4 is 9.64 Å². The Morgan fingerprint density at radius 3 is 2.83 bits per heavy atom. The fourth-order valence-corrected chi connectivity index (χ4v) is 2.17. The lowest BCUT2D eigenvalue weighted by molar-refractivity contribution is -0.120. The molecule has 2 heterocycles. The van der Waals surface area contributed by atoms with Crippen molar-refractivity contribution < 1.29 is 14.3 Å². The summed E-state index contributed by atoms with van der Waals surface area (Å²) >= 11 is 0. The van der Waals surface area contributed by atoms with Gasteiger partial charge in [0.15, 0.2) is 6.61 Å². The van der Waals surface area contributed by atoms with E-state index in [0.717, 1.165) is 5.56 Å². The summed E-state index contributed by atoms with van der Waals surface area (Å²) in [4.78, 5) is 13.1. The molecular weight excluding hydrogens is 232 g/mol. The first kappa shape index (κ1) is 11.1. The van der Waals surface area contributed by atoms with E-state index in [1.807, 2.05) is 18.2 Å². The van der Waals surface area contributed by atoms with Crippen molar-refractivity contribution in [3.05, 3.63) is 23.8 Å². The van der Waals surface area contributed by atoms with Crippen molar-refractivity contribution in [3.8, 4) is 11.8 Å². The first-order valence-electron chi connectivity index (χ1n) is 5.69. The smallest absolute Gasteiger partial charge is 0.264 e. The number of amides is 1. The number of hydrogen-bond donors (Lipinski definition) is 0. The fraction of sp³-hybridized carbons (Fsp3) is 0.385. The number of ether oxygens (including phenoxy) is 2. The summed E-state index contributed by atoms with van der Waals surface area (Å²) < 4.78 is 10.5. The molecule has 18 heavy (non-hydrogen) atoms. The minimum absolute atomic E-state index is 0.0648. The average Bonchev–Trinajstić information content (AvgIpc) is 2.34. The van der Waals surface area contributed by atoms with Crippen molar-refractivity contribution in [1.82, 2.24) is 0 Å². The lowest BCUT2D eigenvalue weighted by Crippen LogP contribution is -2.45. The first-order valence-corrected chi connectivity index (χ1v) is 5.69. The summed E-state index contributed by atoms with van der Waals surface area (Å²) in [7, 11) is 1.71. The van der Waals surface area contributed by atoms with E-state index in [2.05, 4.69) is 6.07 Å². The van der Waals surface area contributed by atoms with Gasteiger partial charge in [0, 0.05) is 7.05 Å². The first-order chi connectivity index (χ1) is 8.66. The number of benzene rings is 1. The van der Waals surface area contributed by atoms with Crippen LogP contribution in [0.3, 0.4) is 0 Å². The molecule has 0 bridgehead atoms. The van der Waals surface area contributed by atoms with Crippen molar-refractivity contribution in [2.75, 3.05) is 31.8 Å². The van der Waals surface area contributed by atoms with Gasteiger partial charge in [-0.15, -0.1) is 0 Å². The normalized spacial score (nSPS) is 20.4. The molecule has 5 nitrogen and oxygen atoms in total. The van der Waals surface area contributed by atoms with Gasteiger partial charge in [-0.05, 0) is 17.7 Å². The maximum atomic E-state index is 11.6. The summed E-state index contributed by atoms with van der Waals surface area (Å²) in [5, 5.41) is 9.27. The molecule has 5 heteroatoms. The zero-order valence-corrected chi connectivity index (χ0v) is 9.97. The van der Waals surface area contributed by atoms with Crippen LogP contribution in [-0.4, -0.2) is 32.8 Å². The van der Waals surface area contributed by atoms with E-state index in [-0.39, 0.29) is 12.5 Å². The Morgan fingerprint density at radius 2 is 2.22 bits per heavy atom. The van der Waals surface area contributed by atoms with Crippen LogP contribution in [0.5, 0.6) is 5.75 Å². The maximum absolute atomic E-state index is 11.6. The largest absolute Gasteiger partial charge is 0.482 e. The summed E-state index contributed by atoms with van der Waals surface area (Å²) in [6.07, 6.45) is 0. The molecule has 1 fully saturated rings. The summed E-state index contributed by atoms with van der Waals surface area (Å²) in [6, 6.07) is 7.82. The Bertz CT molecular complexity index is 558. The van der Waals surface area contributed by atoms with E-state index in [0.29, 0.717) is 24.7 Å². The second-order valence-electron chi connectivity index (χ2n) is 4.61. The Morgan fingerprint density at radius 1 is 1.44 bits per heavy atom. The Labute approximate surface area is 105 Å². The van der Waals surface area contributed by atoms with Gasteiger partial charge in [0.2, 0.25) is 0 Å². The molecule has 0 saturated carbocycles. The number of nitrogens with zero attached hydrogens (tertiary/aromatic N) is 2. The highest BCUT2D eigenvalue weighted by Crippen LogP contribution is 2.38. The second kappa shape index (κ2) is 3.72. The van der Waals surface area contributed by atoms with Crippen molar-refractivity contribution >= 4 is 11.6 Å². The molecule has 1 aromatic rings. The van der Waals surface area contributed by atoms with Crippen molar-refractivity contribution in [1.29, 1.82) is 5.26 Å². The Kier molecular flexibility index (Phi) is 2.28. The van der Waals surface area contributed by atoms with Gasteiger partial charge in [0.25, 0.3) is 5.91 Å². The van der Waals surface area contributed by atoms with Gasteiger partial charge in [-0.3, -0.25) is 4.79 Å². The molecule has 1 amide bonds. The molecule has 0 unspecified atom stereocenters. The van der Waals surface area contributed by atoms with Gasteiger partial charge in [0.1, 0.15) is 11.2 Å². The van der Waals surface area contributed by atoms with Crippen LogP contribution >= 0.6 is 0 Å². The van der Waals surface area contributed by atoms with Gasteiger partial charge in [-0.25, -0.2) is 0 Å². The van der Waals surface area contributed by atoms with E-state index in [1.165, 1.54) is 0 Å². The van der Waals surface area contributed by atoms with E-state index < -0.39 is 5.41 Å². The van der Waals surface area contributed by atoms with E-state index >= 15 is 0 Å². The predicted molar refractivity (Wildman–Crippen MR) is 63.5 cm³/mol. The lowest BCUT2D eigenvalue weighted by Gasteiger charge is -2.36. The molecule has 1 saturated heterocycles. The van der Waals surface area contributed by atoms with Crippen molar-refractivity contribution in [2.45, 2.75) is 5.41 Å². The Balaban J connectivity index is 2.06. The molecular formula is C13H12N2O3. The molecule has 0 aliphatic carbocycles. The third-order valence-electron chi connectivity index (χ3n) is 3.51. The Hall–Kier alpha value is -2.06. The van der Waals surface area contributed by atoms with Crippen LogP contribution in [0.15, 0.2) is 18.2 Å². The summed E-state index contributed by atoms with van der Waals surface area (Å²) in [6.45, 7) is 0.872. The van der Waals surface area contributed by atoms with Crippen molar-refractivity contribution in [2.24, 2.45) is 0 Å². The van der Waals surface area contributed by atoms with Gasteiger partial charge in [0.05, 0.1) is 25.0 Å². The SMILES string of the molecule is CN1C(=O)COc2ccc(C3(C#N)COC3)cc21. The minimum Gasteiger partial charge on any atom is -0.482 e. The van der Waals surface area contributed by atoms with E-state index in [1.54, 1.807) is 11.9 Å². The van der Waals surface area contributed by atoms with Gasteiger partial charge < -0.3 is 14.4 Å². The zero-order chi connectivity index (χ0) is 12.8. The van der Waals surface area contributed by atoms with Crippen LogP contribution in [0.2, 0.25) is 0 Å². The lowest BCUT2D eigenvalue weighted by atomic mass is 9.80. The molecule has 2 aliphatic heterocycles. The molecule has 0 atom stereocenters. The molecule has 2 aliphatic rings. The molecule has 3 rings (SSSR count). The second-order valence-corrected chi connectivity index (χ2v) is 4.61.